The number of anilines is 1. The first-order chi connectivity index (χ1) is 11.6. The topological polar surface area (TPSA) is 72.6 Å². The lowest BCUT2D eigenvalue weighted by atomic mass is 10.2. The zero-order valence-electron chi connectivity index (χ0n) is 14.6. The van der Waals surface area contributed by atoms with Crippen LogP contribution in [0.15, 0.2) is 5.03 Å². The number of carbonyl (C=O) groups excluding carboxylic acids is 1. The Morgan fingerprint density at radius 3 is 2.58 bits per heavy atom. The largest absolute Gasteiger partial charge is 0.462 e. The molecule has 2 aromatic rings. The van der Waals surface area contributed by atoms with Crippen LogP contribution < -0.4 is 4.90 Å². The van der Waals surface area contributed by atoms with Gasteiger partial charge in [-0.15, -0.1) is 22.0 Å². The van der Waals surface area contributed by atoms with E-state index < -0.39 is 5.97 Å². The van der Waals surface area contributed by atoms with Gasteiger partial charge < -0.3 is 9.64 Å². The van der Waals surface area contributed by atoms with E-state index in [1.54, 1.807) is 6.92 Å². The normalized spacial score (nSPS) is 14.8. The van der Waals surface area contributed by atoms with Gasteiger partial charge in [0.05, 0.1) is 6.61 Å². The van der Waals surface area contributed by atoms with Gasteiger partial charge in [-0.2, -0.15) is 0 Å². The number of aromatic nitrogens is 4. The Hall–Kier alpha value is -1.83. The second kappa shape index (κ2) is 6.96. The Kier molecular flexibility index (Phi) is 4.93. The maximum absolute atomic E-state index is 12.5. The summed E-state index contributed by atoms with van der Waals surface area (Å²) in [7, 11) is 0. The van der Waals surface area contributed by atoms with Crippen molar-refractivity contribution in [2.75, 3.05) is 30.9 Å². The molecule has 3 rings (SSSR count). The Balaban J connectivity index is 2.29. The van der Waals surface area contributed by atoms with Gasteiger partial charge in [-0.25, -0.2) is 14.2 Å². The Morgan fingerprint density at radius 1 is 1.29 bits per heavy atom. The van der Waals surface area contributed by atoms with Crippen LogP contribution >= 0.6 is 11.8 Å². The quantitative estimate of drug-likeness (QED) is 0.467. The first-order valence-electron chi connectivity index (χ1n) is 8.33. The van der Waals surface area contributed by atoms with Gasteiger partial charge in [-0.05, 0) is 26.0 Å². The van der Waals surface area contributed by atoms with Crippen LogP contribution in [0.25, 0.3) is 5.65 Å². The van der Waals surface area contributed by atoms with Crippen molar-refractivity contribution in [3.05, 3.63) is 11.4 Å². The molecular weight excluding hydrogens is 326 g/mol. The van der Waals surface area contributed by atoms with Gasteiger partial charge in [-0.1, -0.05) is 13.8 Å². The van der Waals surface area contributed by atoms with Gasteiger partial charge in [0, 0.05) is 19.0 Å². The molecule has 8 heteroatoms. The second-order valence-electron chi connectivity index (χ2n) is 6.08. The van der Waals surface area contributed by atoms with Crippen LogP contribution in [0.4, 0.5) is 5.95 Å². The molecule has 24 heavy (non-hydrogen) atoms. The first-order valence-corrected chi connectivity index (χ1v) is 9.56. The van der Waals surface area contributed by atoms with Crippen molar-refractivity contribution in [2.24, 2.45) is 0 Å². The summed E-state index contributed by atoms with van der Waals surface area (Å²) in [5, 5.41) is 9.29. The molecule has 1 aliphatic rings. The first kappa shape index (κ1) is 17.0. The average molecular weight is 349 g/mol. The van der Waals surface area contributed by atoms with E-state index in [2.05, 4.69) is 28.9 Å². The number of carbonyl (C=O) groups is 1. The van der Waals surface area contributed by atoms with E-state index in [-0.39, 0.29) is 5.92 Å². The number of thioether (sulfide) groups is 1. The summed E-state index contributed by atoms with van der Waals surface area (Å²) in [6, 6.07) is 0. The molecule has 0 atom stereocenters. The summed E-state index contributed by atoms with van der Waals surface area (Å²) in [6.45, 7) is 8.17. The van der Waals surface area contributed by atoms with E-state index >= 15 is 0 Å². The lowest BCUT2D eigenvalue weighted by Gasteiger charge is -2.21. The fraction of sp³-hybridized carbons (Fsp3) is 0.625. The molecule has 7 nitrogen and oxygen atoms in total. The molecule has 0 bridgehead atoms. The number of esters is 1. The molecule has 0 aliphatic carbocycles. The molecule has 0 saturated carbocycles. The monoisotopic (exact) mass is 349 g/mol. The lowest BCUT2D eigenvalue weighted by Crippen LogP contribution is -2.24. The third kappa shape index (κ3) is 2.83. The molecular formula is C16H23N5O2S. The third-order valence-corrected chi connectivity index (χ3v) is 4.79. The Bertz CT molecular complexity index is 752. The van der Waals surface area contributed by atoms with Gasteiger partial charge in [-0.3, -0.25) is 0 Å². The van der Waals surface area contributed by atoms with Crippen molar-refractivity contribution in [1.29, 1.82) is 0 Å². The van der Waals surface area contributed by atoms with E-state index in [0.717, 1.165) is 37.7 Å². The maximum atomic E-state index is 12.5. The molecule has 1 aliphatic heterocycles. The van der Waals surface area contributed by atoms with Crippen molar-refractivity contribution in [1.82, 2.24) is 19.6 Å². The van der Waals surface area contributed by atoms with Crippen molar-refractivity contribution in [2.45, 2.75) is 44.6 Å². The van der Waals surface area contributed by atoms with Crippen LogP contribution in [0.3, 0.4) is 0 Å². The van der Waals surface area contributed by atoms with Crippen LogP contribution in [0, 0.1) is 0 Å². The fourth-order valence-corrected chi connectivity index (χ4v) is 3.53. The predicted octanol–water partition coefficient (Wildman–Crippen LogP) is 2.75. The number of fused-ring (bicyclic) bond motifs is 1. The molecule has 3 heterocycles. The van der Waals surface area contributed by atoms with Crippen molar-refractivity contribution >= 4 is 29.3 Å². The second-order valence-corrected chi connectivity index (χ2v) is 6.88. The van der Waals surface area contributed by atoms with E-state index in [9.17, 15) is 4.79 Å². The van der Waals surface area contributed by atoms with Gasteiger partial charge in [0.2, 0.25) is 5.95 Å². The Labute approximate surface area is 145 Å². The minimum atomic E-state index is -0.393. The van der Waals surface area contributed by atoms with Crippen LogP contribution in [-0.2, 0) is 4.74 Å². The van der Waals surface area contributed by atoms with E-state index in [4.69, 9.17) is 9.72 Å². The Morgan fingerprint density at radius 2 is 2.00 bits per heavy atom. The number of nitrogens with zero attached hydrogens (tertiary/aromatic N) is 5. The van der Waals surface area contributed by atoms with E-state index in [1.165, 1.54) is 11.8 Å². The molecule has 0 radical (unpaired) electrons. The summed E-state index contributed by atoms with van der Waals surface area (Å²) < 4.78 is 7.16. The molecule has 0 aromatic carbocycles. The fourth-order valence-electron chi connectivity index (χ4n) is 2.98. The highest BCUT2D eigenvalue weighted by Gasteiger charge is 2.28. The van der Waals surface area contributed by atoms with E-state index in [0.29, 0.717) is 22.8 Å². The lowest BCUT2D eigenvalue weighted by molar-refractivity contribution is 0.0523. The highest BCUT2D eigenvalue weighted by Crippen LogP contribution is 2.30. The highest BCUT2D eigenvalue weighted by molar-refractivity contribution is 7.98. The molecule has 130 valence electrons. The molecule has 0 unspecified atom stereocenters. The zero-order chi connectivity index (χ0) is 17.3. The molecule has 0 spiro atoms. The summed E-state index contributed by atoms with van der Waals surface area (Å²) in [5.74, 6) is 1.43. The third-order valence-electron chi connectivity index (χ3n) is 4.11. The van der Waals surface area contributed by atoms with Crippen molar-refractivity contribution in [3.63, 3.8) is 0 Å². The number of hydrogen-bond acceptors (Lipinski definition) is 7. The minimum absolute atomic E-state index is 0.179. The molecule has 0 amide bonds. The number of ether oxygens (including phenoxy) is 1. The molecule has 1 fully saturated rings. The SMILES string of the molecule is CCOC(=O)c1c(SC)nc(N2CCCC2)n2c(C(C)C)nnc12. The minimum Gasteiger partial charge on any atom is -0.462 e. The summed E-state index contributed by atoms with van der Waals surface area (Å²) in [5.41, 5.74) is 0.949. The highest BCUT2D eigenvalue weighted by atomic mass is 32.2. The zero-order valence-corrected chi connectivity index (χ0v) is 15.4. The van der Waals surface area contributed by atoms with Crippen LogP contribution in [0.2, 0.25) is 0 Å². The number of rotatable bonds is 5. The molecule has 0 N–H and O–H groups in total. The maximum Gasteiger partial charge on any atom is 0.344 e. The smallest absolute Gasteiger partial charge is 0.344 e. The average Bonchev–Trinajstić information content (AvgIpc) is 3.23. The van der Waals surface area contributed by atoms with Gasteiger partial charge in [0.25, 0.3) is 0 Å². The predicted molar refractivity (Wildman–Crippen MR) is 94.1 cm³/mol. The van der Waals surface area contributed by atoms with Gasteiger partial charge in [0.15, 0.2) is 5.65 Å². The summed E-state index contributed by atoms with van der Waals surface area (Å²) >= 11 is 1.44. The van der Waals surface area contributed by atoms with Crippen LogP contribution in [0.1, 0.15) is 55.7 Å². The molecule has 1 saturated heterocycles. The van der Waals surface area contributed by atoms with E-state index in [1.807, 2.05) is 10.7 Å². The standard InChI is InChI=1S/C16H23N5O2S/c1-5-23-15(22)11-13-19-18-12(10(2)3)21(13)16(17-14(11)24-4)20-8-6-7-9-20/h10H,5-9H2,1-4H3. The summed E-state index contributed by atoms with van der Waals surface area (Å²) in [6.07, 6.45) is 4.21. The van der Waals surface area contributed by atoms with Crippen LogP contribution in [-0.4, -0.2) is 51.5 Å². The van der Waals surface area contributed by atoms with Gasteiger partial charge >= 0.3 is 5.97 Å². The summed E-state index contributed by atoms with van der Waals surface area (Å²) in [4.78, 5) is 19.5. The number of hydrogen-bond donors (Lipinski definition) is 0. The van der Waals surface area contributed by atoms with Crippen molar-refractivity contribution in [3.8, 4) is 0 Å². The van der Waals surface area contributed by atoms with Crippen LogP contribution in [0.5, 0.6) is 0 Å². The van der Waals surface area contributed by atoms with Crippen molar-refractivity contribution < 1.29 is 9.53 Å². The molecule has 2 aromatic heterocycles. The van der Waals surface area contributed by atoms with Gasteiger partial charge in [0.1, 0.15) is 16.4 Å².